The zero-order valence-corrected chi connectivity index (χ0v) is 17.5. The normalized spacial score (nSPS) is 13.9. The summed E-state index contributed by atoms with van der Waals surface area (Å²) in [6.45, 7) is 3.06. The molecule has 0 unspecified atom stereocenters. The molecule has 1 aromatic carbocycles. The summed E-state index contributed by atoms with van der Waals surface area (Å²) in [7, 11) is 0. The van der Waals surface area contributed by atoms with E-state index in [4.69, 9.17) is 27.0 Å². The van der Waals surface area contributed by atoms with Crippen LogP contribution in [-0.4, -0.2) is 51.0 Å². The molecule has 1 aliphatic rings. The van der Waals surface area contributed by atoms with E-state index in [0.29, 0.717) is 24.2 Å². The van der Waals surface area contributed by atoms with Crippen molar-refractivity contribution >= 4 is 40.0 Å². The van der Waals surface area contributed by atoms with Gasteiger partial charge in [-0.15, -0.1) is 5.10 Å². The Hall–Kier alpha value is -3.56. The van der Waals surface area contributed by atoms with Crippen LogP contribution in [0.5, 0.6) is 0 Å². The lowest BCUT2D eigenvalue weighted by molar-refractivity contribution is 0.122. The highest BCUT2D eigenvalue weighted by Gasteiger charge is 2.18. The Morgan fingerprint density at radius 1 is 0.935 bits per heavy atom. The number of rotatable bonds is 4. The molecule has 8 nitrogen and oxygen atoms in total. The van der Waals surface area contributed by atoms with E-state index in [0.717, 1.165) is 41.4 Å². The molecule has 0 aliphatic carbocycles. The second-order valence-corrected chi connectivity index (χ2v) is 7.50. The molecule has 0 radical (unpaired) electrons. The molecule has 1 fully saturated rings. The lowest BCUT2D eigenvalue weighted by atomic mass is 10.2. The van der Waals surface area contributed by atoms with Crippen molar-refractivity contribution in [3.63, 3.8) is 0 Å². The Morgan fingerprint density at radius 3 is 2.39 bits per heavy atom. The molecule has 1 aliphatic heterocycles. The first-order valence-corrected chi connectivity index (χ1v) is 10.4. The minimum absolute atomic E-state index is 0.513. The third-order valence-electron chi connectivity index (χ3n) is 5.02. The number of nitrogens with zero attached hydrogens (tertiary/aromatic N) is 5. The van der Waals surface area contributed by atoms with Gasteiger partial charge in [0.05, 0.1) is 13.2 Å². The summed E-state index contributed by atoms with van der Waals surface area (Å²) in [6.07, 6.45) is 5.38. The molecule has 1 saturated heterocycles. The maximum atomic E-state index is 5.49. The standard InChI is InChI=1S/C22H21N7OS/c31-22(25-18-7-9-23-10-8-18)24-17-5-3-16(4-6-17)20-26-21(28-12-14-30-15-13-28)19-2-1-11-29(19)27-20/h1-11H,12-15H2,(H2,23,24,25,31). The molecule has 156 valence electrons. The number of morpholine rings is 1. The summed E-state index contributed by atoms with van der Waals surface area (Å²) in [5.41, 5.74) is 3.69. The molecule has 0 atom stereocenters. The van der Waals surface area contributed by atoms with Gasteiger partial charge in [0.2, 0.25) is 0 Å². The van der Waals surface area contributed by atoms with Crippen LogP contribution < -0.4 is 15.5 Å². The van der Waals surface area contributed by atoms with Crippen molar-refractivity contribution in [3.05, 3.63) is 67.1 Å². The van der Waals surface area contributed by atoms with Gasteiger partial charge in [-0.3, -0.25) is 4.98 Å². The molecule has 0 bridgehead atoms. The number of hydrogen-bond acceptors (Lipinski definition) is 6. The minimum Gasteiger partial charge on any atom is -0.378 e. The molecule has 4 aromatic rings. The molecule has 0 amide bonds. The minimum atomic E-state index is 0.513. The average molecular weight is 432 g/mol. The quantitative estimate of drug-likeness (QED) is 0.476. The molecular formula is C22H21N7OS. The number of fused-ring (bicyclic) bond motifs is 1. The van der Waals surface area contributed by atoms with Crippen molar-refractivity contribution in [2.45, 2.75) is 0 Å². The van der Waals surface area contributed by atoms with Crippen molar-refractivity contribution in [2.75, 3.05) is 41.8 Å². The van der Waals surface area contributed by atoms with Gasteiger partial charge in [-0.05, 0) is 60.7 Å². The molecule has 3 aromatic heterocycles. The number of aromatic nitrogens is 4. The van der Waals surface area contributed by atoms with Crippen molar-refractivity contribution in [1.29, 1.82) is 0 Å². The molecular weight excluding hydrogens is 410 g/mol. The average Bonchev–Trinajstić information content (AvgIpc) is 3.29. The Kier molecular flexibility index (Phi) is 5.42. The number of ether oxygens (including phenoxy) is 1. The summed E-state index contributed by atoms with van der Waals surface area (Å²) in [5.74, 6) is 1.61. The Morgan fingerprint density at radius 2 is 1.65 bits per heavy atom. The topological polar surface area (TPSA) is 79.6 Å². The first-order chi connectivity index (χ1) is 15.3. The van der Waals surface area contributed by atoms with Gasteiger partial charge in [-0.25, -0.2) is 9.50 Å². The van der Waals surface area contributed by atoms with E-state index >= 15 is 0 Å². The van der Waals surface area contributed by atoms with Crippen LogP contribution in [0.15, 0.2) is 67.1 Å². The Balaban J connectivity index is 1.36. The maximum Gasteiger partial charge on any atom is 0.182 e. The number of hydrogen-bond donors (Lipinski definition) is 2. The highest BCUT2D eigenvalue weighted by molar-refractivity contribution is 7.80. The van der Waals surface area contributed by atoms with E-state index in [-0.39, 0.29) is 0 Å². The molecule has 5 rings (SSSR count). The predicted octanol–water partition coefficient (Wildman–Crippen LogP) is 3.44. The summed E-state index contributed by atoms with van der Waals surface area (Å²) in [4.78, 5) is 11.1. The van der Waals surface area contributed by atoms with Gasteiger partial charge in [-0.1, -0.05) is 0 Å². The van der Waals surface area contributed by atoms with Crippen LogP contribution in [0.4, 0.5) is 17.2 Å². The van der Waals surface area contributed by atoms with Crippen LogP contribution in [0.1, 0.15) is 0 Å². The Bertz CT molecular complexity index is 1190. The van der Waals surface area contributed by atoms with E-state index in [2.05, 4.69) is 20.5 Å². The summed E-state index contributed by atoms with van der Waals surface area (Å²) >= 11 is 5.39. The molecule has 0 spiro atoms. The fourth-order valence-electron chi connectivity index (χ4n) is 3.48. The second kappa shape index (κ2) is 8.66. The predicted molar refractivity (Wildman–Crippen MR) is 126 cm³/mol. The highest BCUT2D eigenvalue weighted by Crippen LogP contribution is 2.25. The van der Waals surface area contributed by atoms with E-state index < -0.39 is 0 Å². The smallest absolute Gasteiger partial charge is 0.182 e. The number of nitrogens with one attached hydrogen (secondary N) is 2. The summed E-state index contributed by atoms with van der Waals surface area (Å²) in [6, 6.07) is 15.7. The lowest BCUT2D eigenvalue weighted by Crippen LogP contribution is -2.37. The molecule has 4 heterocycles. The first kappa shape index (κ1) is 19.4. The van der Waals surface area contributed by atoms with Gasteiger partial charge in [-0.2, -0.15) is 0 Å². The van der Waals surface area contributed by atoms with Crippen LogP contribution in [0.2, 0.25) is 0 Å². The van der Waals surface area contributed by atoms with Crippen LogP contribution in [0, 0.1) is 0 Å². The van der Waals surface area contributed by atoms with Gasteiger partial charge in [0, 0.05) is 48.6 Å². The summed E-state index contributed by atoms with van der Waals surface area (Å²) < 4.78 is 7.38. The number of thiocarbonyl (C=S) groups is 1. The monoisotopic (exact) mass is 431 g/mol. The second-order valence-electron chi connectivity index (χ2n) is 7.09. The maximum absolute atomic E-state index is 5.49. The van der Waals surface area contributed by atoms with Gasteiger partial charge in [0.15, 0.2) is 16.8 Å². The van der Waals surface area contributed by atoms with Crippen LogP contribution in [-0.2, 0) is 4.74 Å². The van der Waals surface area contributed by atoms with Crippen LogP contribution in [0.25, 0.3) is 16.9 Å². The van der Waals surface area contributed by atoms with Gasteiger partial charge in [0.1, 0.15) is 5.52 Å². The number of benzene rings is 1. The van der Waals surface area contributed by atoms with Crippen LogP contribution in [0.3, 0.4) is 0 Å². The van der Waals surface area contributed by atoms with Gasteiger partial charge in [0.25, 0.3) is 0 Å². The van der Waals surface area contributed by atoms with Crippen molar-refractivity contribution in [2.24, 2.45) is 0 Å². The highest BCUT2D eigenvalue weighted by atomic mass is 32.1. The molecule has 31 heavy (non-hydrogen) atoms. The third kappa shape index (κ3) is 4.32. The lowest BCUT2D eigenvalue weighted by Gasteiger charge is -2.28. The van der Waals surface area contributed by atoms with E-state index in [9.17, 15) is 0 Å². The van der Waals surface area contributed by atoms with Crippen molar-refractivity contribution in [1.82, 2.24) is 19.6 Å². The zero-order valence-electron chi connectivity index (χ0n) is 16.7. The van der Waals surface area contributed by atoms with Gasteiger partial charge < -0.3 is 20.3 Å². The van der Waals surface area contributed by atoms with E-state index in [1.165, 1.54) is 0 Å². The summed E-state index contributed by atoms with van der Waals surface area (Å²) in [5, 5.41) is 11.5. The van der Waals surface area contributed by atoms with Crippen molar-refractivity contribution < 1.29 is 4.74 Å². The van der Waals surface area contributed by atoms with Gasteiger partial charge >= 0.3 is 0 Å². The van der Waals surface area contributed by atoms with Crippen molar-refractivity contribution in [3.8, 4) is 11.4 Å². The zero-order chi connectivity index (χ0) is 21.0. The van der Waals surface area contributed by atoms with E-state index in [1.54, 1.807) is 12.4 Å². The first-order valence-electron chi connectivity index (χ1n) is 10.0. The third-order valence-corrected chi connectivity index (χ3v) is 5.23. The number of anilines is 3. The van der Waals surface area contributed by atoms with Crippen LogP contribution >= 0.6 is 12.2 Å². The largest absolute Gasteiger partial charge is 0.378 e. The number of pyridine rings is 1. The SMILES string of the molecule is S=C(Nc1ccncc1)Nc1ccc(-c2nc(N3CCOCC3)c3cccn3n2)cc1. The molecule has 0 saturated carbocycles. The molecule has 2 N–H and O–H groups in total. The van der Waals surface area contributed by atoms with E-state index in [1.807, 2.05) is 59.2 Å². The fourth-order valence-corrected chi connectivity index (χ4v) is 3.72. The Labute approximate surface area is 184 Å². The molecule has 9 heteroatoms. The fraction of sp³-hybridized carbons (Fsp3) is 0.182.